The Balaban J connectivity index is 1.53. The number of nitrogens with one attached hydrogen (secondary N) is 1. The van der Waals surface area contributed by atoms with Gasteiger partial charge in [0, 0.05) is 12.6 Å². The molecular formula is C27H31N3O3. The van der Waals surface area contributed by atoms with Crippen LogP contribution in [0.4, 0.5) is 0 Å². The molecule has 0 unspecified atom stereocenters. The van der Waals surface area contributed by atoms with Crippen molar-refractivity contribution < 1.29 is 14.0 Å². The van der Waals surface area contributed by atoms with Crippen LogP contribution in [0.15, 0.2) is 65.3 Å². The van der Waals surface area contributed by atoms with E-state index in [2.05, 4.69) is 12.2 Å². The van der Waals surface area contributed by atoms with Gasteiger partial charge in [0.2, 0.25) is 5.91 Å². The van der Waals surface area contributed by atoms with Gasteiger partial charge in [0.05, 0.1) is 18.5 Å². The van der Waals surface area contributed by atoms with Crippen molar-refractivity contribution in [2.45, 2.75) is 64.2 Å². The zero-order valence-electron chi connectivity index (χ0n) is 19.3. The van der Waals surface area contributed by atoms with Crippen LogP contribution < -0.4 is 5.32 Å². The van der Waals surface area contributed by atoms with Gasteiger partial charge in [-0.2, -0.15) is 0 Å². The summed E-state index contributed by atoms with van der Waals surface area (Å²) in [5.74, 6) is 0.899. The van der Waals surface area contributed by atoms with Gasteiger partial charge in [-0.05, 0) is 55.5 Å². The summed E-state index contributed by atoms with van der Waals surface area (Å²) in [5.41, 5.74) is 1.36. The standard InChI is InChI=1S/C27H31N3O3/c1-19-9-6-7-12-21(19)28-26(32)27(2)18-29-22(24-13-8-16-33-24)14-15-23(29)25(31)30(27)17-20-10-4-3-5-11-20/h3-5,8,10-11,13-16,19,21H,6-7,9,12,17-18H2,1-2H3,(H,28,32)/t19-,21+,27-/m1/s1. The molecule has 2 amide bonds. The van der Waals surface area contributed by atoms with Gasteiger partial charge in [0.25, 0.3) is 5.91 Å². The Morgan fingerprint density at radius 2 is 1.82 bits per heavy atom. The van der Waals surface area contributed by atoms with Gasteiger partial charge in [0.1, 0.15) is 17.0 Å². The van der Waals surface area contributed by atoms with E-state index in [4.69, 9.17) is 4.42 Å². The van der Waals surface area contributed by atoms with Crippen molar-refractivity contribution >= 4 is 11.8 Å². The molecule has 1 aliphatic heterocycles. The van der Waals surface area contributed by atoms with Gasteiger partial charge in [0.15, 0.2) is 0 Å². The van der Waals surface area contributed by atoms with Crippen molar-refractivity contribution in [1.29, 1.82) is 0 Å². The summed E-state index contributed by atoms with van der Waals surface area (Å²) in [6, 6.07) is 17.5. The van der Waals surface area contributed by atoms with E-state index in [0.717, 1.165) is 30.5 Å². The minimum absolute atomic E-state index is 0.0877. The monoisotopic (exact) mass is 445 g/mol. The predicted octanol–water partition coefficient (Wildman–Crippen LogP) is 4.86. The largest absolute Gasteiger partial charge is 0.463 e. The number of benzene rings is 1. The molecule has 0 radical (unpaired) electrons. The number of rotatable bonds is 5. The van der Waals surface area contributed by atoms with Crippen LogP contribution in [-0.2, 0) is 17.9 Å². The molecule has 0 bridgehead atoms. The van der Waals surface area contributed by atoms with E-state index in [1.54, 1.807) is 11.2 Å². The fourth-order valence-corrected chi connectivity index (χ4v) is 5.28. The normalized spacial score (nSPS) is 25.0. The fourth-order valence-electron chi connectivity index (χ4n) is 5.28. The first-order chi connectivity index (χ1) is 16.0. The molecule has 33 heavy (non-hydrogen) atoms. The Hall–Kier alpha value is -3.28. The second-order valence-corrected chi connectivity index (χ2v) is 9.66. The van der Waals surface area contributed by atoms with E-state index in [1.165, 1.54) is 6.42 Å². The third-order valence-electron chi connectivity index (χ3n) is 7.38. The number of fused-ring (bicyclic) bond motifs is 1. The number of carbonyl (C=O) groups is 2. The lowest BCUT2D eigenvalue weighted by atomic mass is 9.85. The Labute approximate surface area is 194 Å². The molecular weight excluding hydrogens is 414 g/mol. The van der Waals surface area contributed by atoms with Gasteiger partial charge >= 0.3 is 0 Å². The summed E-state index contributed by atoms with van der Waals surface area (Å²) in [4.78, 5) is 29.4. The van der Waals surface area contributed by atoms with Gasteiger partial charge in [-0.1, -0.05) is 50.1 Å². The second kappa shape index (κ2) is 8.58. The SMILES string of the molecule is C[C@@H]1CCCC[C@@H]1NC(=O)[C@@]1(C)Cn2c(ccc2-c2ccco2)C(=O)N1Cc1ccccc1. The summed E-state index contributed by atoms with van der Waals surface area (Å²) in [5, 5.41) is 3.32. The van der Waals surface area contributed by atoms with Gasteiger partial charge in [-0.25, -0.2) is 0 Å². The van der Waals surface area contributed by atoms with Crippen LogP contribution in [0.3, 0.4) is 0 Å². The Morgan fingerprint density at radius 1 is 1.06 bits per heavy atom. The third kappa shape index (κ3) is 3.88. The van der Waals surface area contributed by atoms with Crippen molar-refractivity contribution in [3.63, 3.8) is 0 Å². The average Bonchev–Trinajstić information content (AvgIpc) is 3.49. The topological polar surface area (TPSA) is 67.5 Å². The first-order valence-electron chi connectivity index (χ1n) is 11.9. The van der Waals surface area contributed by atoms with E-state index < -0.39 is 5.54 Å². The molecule has 6 nitrogen and oxygen atoms in total. The van der Waals surface area contributed by atoms with E-state index in [0.29, 0.717) is 30.5 Å². The number of aromatic nitrogens is 1. The van der Waals surface area contributed by atoms with Crippen LogP contribution >= 0.6 is 0 Å². The lowest BCUT2D eigenvalue weighted by molar-refractivity contribution is -0.134. The zero-order chi connectivity index (χ0) is 23.0. The molecule has 1 aliphatic carbocycles. The molecule has 2 aromatic heterocycles. The molecule has 1 saturated carbocycles. The molecule has 0 saturated heterocycles. The Bertz CT molecular complexity index is 1130. The van der Waals surface area contributed by atoms with Crippen LogP contribution in [0.5, 0.6) is 0 Å². The van der Waals surface area contributed by atoms with E-state index in [9.17, 15) is 9.59 Å². The lowest BCUT2D eigenvalue weighted by Crippen LogP contribution is -2.65. The van der Waals surface area contributed by atoms with Gasteiger partial charge in [-0.15, -0.1) is 0 Å². The zero-order valence-corrected chi connectivity index (χ0v) is 19.3. The van der Waals surface area contributed by atoms with Crippen LogP contribution in [0.25, 0.3) is 11.5 Å². The summed E-state index contributed by atoms with van der Waals surface area (Å²) in [7, 11) is 0. The van der Waals surface area contributed by atoms with E-state index in [-0.39, 0.29) is 17.9 Å². The number of amides is 2. The molecule has 0 spiro atoms. The maximum absolute atomic E-state index is 13.9. The van der Waals surface area contributed by atoms with Crippen LogP contribution in [0.2, 0.25) is 0 Å². The highest BCUT2D eigenvalue weighted by molar-refractivity contribution is 6.00. The molecule has 6 heteroatoms. The Morgan fingerprint density at radius 3 is 2.55 bits per heavy atom. The smallest absolute Gasteiger partial charge is 0.271 e. The molecule has 1 fully saturated rings. The first kappa shape index (κ1) is 21.6. The predicted molar refractivity (Wildman–Crippen MR) is 126 cm³/mol. The summed E-state index contributed by atoms with van der Waals surface area (Å²) >= 11 is 0. The number of furan rings is 1. The maximum Gasteiger partial charge on any atom is 0.271 e. The number of hydrogen-bond acceptors (Lipinski definition) is 3. The number of nitrogens with zero attached hydrogens (tertiary/aromatic N) is 2. The molecule has 2 aliphatic rings. The van der Waals surface area contributed by atoms with Crippen molar-refractivity contribution in [2.24, 2.45) is 5.92 Å². The highest BCUT2D eigenvalue weighted by Gasteiger charge is 2.48. The van der Waals surface area contributed by atoms with Crippen molar-refractivity contribution in [1.82, 2.24) is 14.8 Å². The van der Waals surface area contributed by atoms with Crippen LogP contribution in [-0.4, -0.2) is 32.9 Å². The minimum Gasteiger partial charge on any atom is -0.463 e. The molecule has 3 aromatic rings. The molecule has 172 valence electrons. The molecule has 3 heterocycles. The number of hydrogen-bond donors (Lipinski definition) is 1. The van der Waals surface area contributed by atoms with Gasteiger partial charge < -0.3 is 19.2 Å². The summed E-state index contributed by atoms with van der Waals surface area (Å²) < 4.78 is 7.56. The van der Waals surface area contributed by atoms with E-state index in [1.807, 2.05) is 66.1 Å². The molecule has 1 N–H and O–H groups in total. The fraction of sp³-hybridized carbons (Fsp3) is 0.407. The average molecular weight is 446 g/mol. The molecule has 3 atom stereocenters. The third-order valence-corrected chi connectivity index (χ3v) is 7.38. The maximum atomic E-state index is 13.9. The quantitative estimate of drug-likeness (QED) is 0.610. The highest BCUT2D eigenvalue weighted by Crippen LogP contribution is 2.35. The van der Waals surface area contributed by atoms with Crippen molar-refractivity contribution in [3.05, 3.63) is 72.1 Å². The Kier molecular flexibility index (Phi) is 5.60. The van der Waals surface area contributed by atoms with Crippen LogP contribution in [0, 0.1) is 5.92 Å². The first-order valence-corrected chi connectivity index (χ1v) is 11.9. The molecule has 5 rings (SSSR count). The lowest BCUT2D eigenvalue weighted by Gasteiger charge is -2.45. The van der Waals surface area contributed by atoms with Crippen LogP contribution in [0.1, 0.15) is 55.6 Å². The van der Waals surface area contributed by atoms with Crippen molar-refractivity contribution in [3.8, 4) is 11.5 Å². The minimum atomic E-state index is -1.03. The van der Waals surface area contributed by atoms with Gasteiger partial charge in [-0.3, -0.25) is 9.59 Å². The van der Waals surface area contributed by atoms with Crippen molar-refractivity contribution in [2.75, 3.05) is 0 Å². The second-order valence-electron chi connectivity index (χ2n) is 9.66. The summed E-state index contributed by atoms with van der Waals surface area (Å²) in [6.45, 7) is 4.85. The van der Waals surface area contributed by atoms with E-state index >= 15 is 0 Å². The molecule has 1 aromatic carbocycles. The summed E-state index contributed by atoms with van der Waals surface area (Å²) in [6.07, 6.45) is 6.07. The highest BCUT2D eigenvalue weighted by atomic mass is 16.3. The number of carbonyl (C=O) groups excluding carboxylic acids is 2.